The van der Waals surface area contributed by atoms with Gasteiger partial charge in [-0.1, -0.05) is 18.2 Å². The van der Waals surface area contributed by atoms with Crippen LogP contribution in [0.5, 0.6) is 11.5 Å². The minimum absolute atomic E-state index is 0.104. The van der Waals surface area contributed by atoms with E-state index < -0.39 is 16.1 Å². The fraction of sp³-hybridized carbons (Fsp3) is 0.278. The summed E-state index contributed by atoms with van der Waals surface area (Å²) in [6, 6.07) is 13.1. The SMILES string of the molecule is CNC(=O)[C@@H](C)Oc1ccc(S(=O)(=O)NCc2ccccc2OC)cc1. The smallest absolute Gasteiger partial charge is 0.260 e. The van der Waals surface area contributed by atoms with Gasteiger partial charge in [-0.05, 0) is 37.3 Å². The van der Waals surface area contributed by atoms with Crippen LogP contribution in [0, 0.1) is 0 Å². The van der Waals surface area contributed by atoms with Gasteiger partial charge in [0.25, 0.3) is 5.91 Å². The third-order valence-electron chi connectivity index (χ3n) is 3.71. The summed E-state index contributed by atoms with van der Waals surface area (Å²) in [6.45, 7) is 1.72. The van der Waals surface area contributed by atoms with Crippen molar-refractivity contribution in [1.29, 1.82) is 0 Å². The number of rotatable bonds is 8. The molecule has 140 valence electrons. The maximum Gasteiger partial charge on any atom is 0.260 e. The molecule has 0 aliphatic heterocycles. The first-order valence-corrected chi connectivity index (χ1v) is 9.45. The molecule has 0 aromatic heterocycles. The van der Waals surface area contributed by atoms with E-state index in [0.717, 1.165) is 5.56 Å². The van der Waals surface area contributed by atoms with E-state index in [-0.39, 0.29) is 17.3 Å². The molecule has 2 rings (SSSR count). The molecule has 0 aliphatic rings. The maximum atomic E-state index is 12.4. The summed E-state index contributed by atoms with van der Waals surface area (Å²) in [5.41, 5.74) is 0.734. The molecule has 0 radical (unpaired) electrons. The van der Waals surface area contributed by atoms with Gasteiger partial charge in [0.05, 0.1) is 12.0 Å². The molecule has 26 heavy (non-hydrogen) atoms. The van der Waals surface area contributed by atoms with Crippen molar-refractivity contribution in [3.63, 3.8) is 0 Å². The molecule has 0 saturated carbocycles. The van der Waals surface area contributed by atoms with Gasteiger partial charge in [0, 0.05) is 19.2 Å². The minimum atomic E-state index is -3.69. The second-order valence-corrected chi connectivity index (χ2v) is 7.25. The van der Waals surface area contributed by atoms with Crippen LogP contribution in [0.25, 0.3) is 0 Å². The van der Waals surface area contributed by atoms with E-state index in [1.54, 1.807) is 19.1 Å². The van der Waals surface area contributed by atoms with Crippen LogP contribution in [0.3, 0.4) is 0 Å². The van der Waals surface area contributed by atoms with Crippen LogP contribution in [0.15, 0.2) is 53.4 Å². The van der Waals surface area contributed by atoms with Crippen molar-refractivity contribution < 1.29 is 22.7 Å². The molecule has 0 heterocycles. The number of sulfonamides is 1. The number of methoxy groups -OCH3 is 1. The standard InChI is InChI=1S/C18H22N2O5S/c1-13(18(21)19-2)25-15-8-10-16(11-9-15)26(22,23)20-12-14-6-4-5-7-17(14)24-3/h4-11,13,20H,12H2,1-3H3,(H,19,21)/t13-/m1/s1. The zero-order valence-electron chi connectivity index (χ0n) is 14.9. The summed E-state index contributed by atoms with van der Waals surface area (Å²) in [5, 5.41) is 2.48. The Bertz CT molecular complexity index is 850. The van der Waals surface area contributed by atoms with Crippen molar-refractivity contribution in [1.82, 2.24) is 10.0 Å². The summed E-state index contributed by atoms with van der Waals surface area (Å²) < 4.78 is 38.1. The maximum absolute atomic E-state index is 12.4. The highest BCUT2D eigenvalue weighted by Crippen LogP contribution is 2.20. The number of likely N-dealkylation sites (N-methyl/N-ethyl adjacent to an activating group) is 1. The van der Waals surface area contributed by atoms with Gasteiger partial charge in [-0.3, -0.25) is 4.79 Å². The van der Waals surface area contributed by atoms with E-state index in [0.29, 0.717) is 11.5 Å². The average Bonchev–Trinajstić information content (AvgIpc) is 2.66. The first kappa shape index (κ1) is 19.7. The van der Waals surface area contributed by atoms with E-state index >= 15 is 0 Å². The van der Waals surface area contributed by atoms with Gasteiger partial charge < -0.3 is 14.8 Å². The lowest BCUT2D eigenvalue weighted by atomic mass is 10.2. The van der Waals surface area contributed by atoms with E-state index in [1.165, 1.54) is 38.4 Å². The topological polar surface area (TPSA) is 93.7 Å². The number of para-hydroxylation sites is 1. The highest BCUT2D eigenvalue weighted by Gasteiger charge is 2.16. The monoisotopic (exact) mass is 378 g/mol. The molecule has 0 bridgehead atoms. The summed E-state index contributed by atoms with van der Waals surface area (Å²) >= 11 is 0. The Morgan fingerprint density at radius 1 is 1.12 bits per heavy atom. The van der Waals surface area contributed by atoms with Crippen LogP contribution in [0.4, 0.5) is 0 Å². The highest BCUT2D eigenvalue weighted by molar-refractivity contribution is 7.89. The fourth-order valence-corrected chi connectivity index (χ4v) is 3.27. The summed E-state index contributed by atoms with van der Waals surface area (Å²) in [4.78, 5) is 11.6. The van der Waals surface area contributed by atoms with E-state index in [1.807, 2.05) is 12.1 Å². The predicted molar refractivity (Wildman–Crippen MR) is 97.6 cm³/mol. The Hall–Kier alpha value is -2.58. The van der Waals surface area contributed by atoms with Crippen LogP contribution >= 0.6 is 0 Å². The van der Waals surface area contributed by atoms with E-state index in [4.69, 9.17) is 9.47 Å². The van der Waals surface area contributed by atoms with Gasteiger partial charge in [0.1, 0.15) is 11.5 Å². The van der Waals surface area contributed by atoms with Gasteiger partial charge >= 0.3 is 0 Å². The van der Waals surface area contributed by atoms with E-state index in [2.05, 4.69) is 10.0 Å². The summed E-state index contributed by atoms with van der Waals surface area (Å²) in [5.74, 6) is 0.757. The molecular weight excluding hydrogens is 356 g/mol. The second kappa shape index (κ2) is 8.68. The molecule has 1 atom stereocenters. The third-order valence-corrected chi connectivity index (χ3v) is 5.12. The van der Waals surface area contributed by atoms with Crippen molar-refractivity contribution in [3.05, 3.63) is 54.1 Å². The number of amides is 1. The van der Waals surface area contributed by atoms with Crippen LogP contribution < -0.4 is 19.5 Å². The molecule has 7 nitrogen and oxygen atoms in total. The molecular formula is C18H22N2O5S. The molecule has 0 spiro atoms. The number of carbonyl (C=O) groups excluding carboxylic acids is 1. The number of carbonyl (C=O) groups is 1. The molecule has 2 aromatic carbocycles. The van der Waals surface area contributed by atoms with Gasteiger partial charge in [0.2, 0.25) is 10.0 Å². The lowest BCUT2D eigenvalue weighted by Crippen LogP contribution is -2.33. The Kier molecular flexibility index (Phi) is 6.59. The number of hydrogen-bond donors (Lipinski definition) is 2. The minimum Gasteiger partial charge on any atom is -0.496 e. The summed E-state index contributed by atoms with van der Waals surface area (Å²) in [6.07, 6.45) is -0.675. The van der Waals surface area contributed by atoms with Crippen molar-refractivity contribution in [2.45, 2.75) is 24.5 Å². The number of ether oxygens (including phenoxy) is 2. The molecule has 8 heteroatoms. The lowest BCUT2D eigenvalue weighted by molar-refractivity contribution is -0.126. The number of benzene rings is 2. The van der Waals surface area contributed by atoms with Crippen LogP contribution in [0.1, 0.15) is 12.5 Å². The zero-order chi connectivity index (χ0) is 19.2. The largest absolute Gasteiger partial charge is 0.496 e. The Morgan fingerprint density at radius 3 is 2.38 bits per heavy atom. The highest BCUT2D eigenvalue weighted by atomic mass is 32.2. The predicted octanol–water partition coefficient (Wildman–Crippen LogP) is 1.69. The van der Waals surface area contributed by atoms with Crippen molar-refractivity contribution in [2.24, 2.45) is 0 Å². The third kappa shape index (κ3) is 4.96. The van der Waals surface area contributed by atoms with Gasteiger partial charge in [-0.2, -0.15) is 0 Å². The van der Waals surface area contributed by atoms with Crippen molar-refractivity contribution in [2.75, 3.05) is 14.2 Å². The van der Waals surface area contributed by atoms with Gasteiger partial charge in [-0.15, -0.1) is 0 Å². The zero-order valence-corrected chi connectivity index (χ0v) is 15.7. The number of nitrogens with one attached hydrogen (secondary N) is 2. The molecule has 0 unspecified atom stereocenters. The first-order valence-electron chi connectivity index (χ1n) is 7.97. The van der Waals surface area contributed by atoms with E-state index in [9.17, 15) is 13.2 Å². The Balaban J connectivity index is 2.06. The molecule has 2 aromatic rings. The van der Waals surface area contributed by atoms with Crippen LogP contribution in [-0.2, 0) is 21.4 Å². The van der Waals surface area contributed by atoms with Crippen LogP contribution in [-0.4, -0.2) is 34.6 Å². The average molecular weight is 378 g/mol. The van der Waals surface area contributed by atoms with Crippen molar-refractivity contribution >= 4 is 15.9 Å². The Morgan fingerprint density at radius 2 is 1.77 bits per heavy atom. The summed E-state index contributed by atoms with van der Waals surface area (Å²) in [7, 11) is -0.637. The quantitative estimate of drug-likeness (QED) is 0.729. The molecule has 2 N–H and O–H groups in total. The fourth-order valence-electron chi connectivity index (χ4n) is 2.26. The molecule has 0 saturated heterocycles. The first-order chi connectivity index (χ1) is 12.4. The van der Waals surface area contributed by atoms with Crippen molar-refractivity contribution in [3.8, 4) is 11.5 Å². The normalized spacial score (nSPS) is 12.3. The van der Waals surface area contributed by atoms with Crippen LogP contribution in [0.2, 0.25) is 0 Å². The number of hydrogen-bond acceptors (Lipinski definition) is 5. The lowest BCUT2D eigenvalue weighted by Gasteiger charge is -2.14. The van der Waals surface area contributed by atoms with Gasteiger partial charge in [0.15, 0.2) is 6.10 Å². The van der Waals surface area contributed by atoms with Gasteiger partial charge in [-0.25, -0.2) is 13.1 Å². The second-order valence-electron chi connectivity index (χ2n) is 5.48. The molecule has 1 amide bonds. The Labute approximate surface area is 153 Å². The molecule has 0 fully saturated rings. The molecule has 0 aliphatic carbocycles.